The molecule has 0 aliphatic heterocycles. The van der Waals surface area contributed by atoms with Crippen molar-refractivity contribution in [1.29, 1.82) is 0 Å². The van der Waals surface area contributed by atoms with Crippen LogP contribution in [0.5, 0.6) is 5.75 Å². The number of hydrogen-bond donors (Lipinski definition) is 1. The second-order valence-electron chi connectivity index (χ2n) is 3.40. The van der Waals surface area contributed by atoms with Crippen LogP contribution in [0.25, 0.3) is 0 Å². The molecule has 2 aromatic rings. The second-order valence-corrected chi connectivity index (χ2v) is 3.40. The van der Waals surface area contributed by atoms with Gasteiger partial charge in [-0.15, -0.1) is 0 Å². The van der Waals surface area contributed by atoms with E-state index in [2.05, 4.69) is 10.2 Å². The molecule has 0 spiro atoms. The van der Waals surface area contributed by atoms with Crippen molar-refractivity contribution in [3.63, 3.8) is 0 Å². The standard InChI is InChI=1S/C12H12N2O2/c1-16-11-5-3-2-4-9(11)8-10-6-7-12(15)14-13-10/h2-7H,8H2,1H3,(H,14,15). The molecular formula is C12H12N2O2. The van der Waals surface area contributed by atoms with Crippen molar-refractivity contribution in [2.75, 3.05) is 7.11 Å². The minimum Gasteiger partial charge on any atom is -0.496 e. The summed E-state index contributed by atoms with van der Waals surface area (Å²) < 4.78 is 5.24. The fourth-order valence-electron chi connectivity index (χ4n) is 1.52. The number of benzene rings is 1. The Labute approximate surface area is 92.9 Å². The zero-order valence-electron chi connectivity index (χ0n) is 8.93. The summed E-state index contributed by atoms with van der Waals surface area (Å²) in [6.07, 6.45) is 0.640. The van der Waals surface area contributed by atoms with E-state index >= 15 is 0 Å². The predicted octanol–water partition coefficient (Wildman–Crippen LogP) is 1.37. The Hall–Kier alpha value is -2.10. The summed E-state index contributed by atoms with van der Waals surface area (Å²) in [6.45, 7) is 0. The molecule has 0 bridgehead atoms. The van der Waals surface area contributed by atoms with E-state index in [9.17, 15) is 4.79 Å². The van der Waals surface area contributed by atoms with Gasteiger partial charge in [-0.25, -0.2) is 5.10 Å². The third-order valence-corrected chi connectivity index (χ3v) is 2.30. The number of H-pyrrole nitrogens is 1. The maximum absolute atomic E-state index is 10.9. The van der Waals surface area contributed by atoms with Crippen LogP contribution in [0.15, 0.2) is 41.2 Å². The lowest BCUT2D eigenvalue weighted by molar-refractivity contribution is 0.410. The smallest absolute Gasteiger partial charge is 0.264 e. The summed E-state index contributed by atoms with van der Waals surface area (Å²) in [5, 5.41) is 6.37. The molecule has 0 unspecified atom stereocenters. The quantitative estimate of drug-likeness (QED) is 0.843. The molecule has 82 valence electrons. The lowest BCUT2D eigenvalue weighted by Gasteiger charge is -2.06. The van der Waals surface area contributed by atoms with Crippen LogP contribution in [0.1, 0.15) is 11.3 Å². The molecule has 1 aromatic heterocycles. The maximum atomic E-state index is 10.9. The number of ether oxygens (including phenoxy) is 1. The van der Waals surface area contributed by atoms with Crippen LogP contribution in [-0.4, -0.2) is 17.3 Å². The van der Waals surface area contributed by atoms with E-state index in [4.69, 9.17) is 4.74 Å². The van der Waals surface area contributed by atoms with Gasteiger partial charge >= 0.3 is 0 Å². The number of nitrogens with one attached hydrogen (secondary N) is 1. The summed E-state index contributed by atoms with van der Waals surface area (Å²) in [4.78, 5) is 10.9. The van der Waals surface area contributed by atoms with Gasteiger partial charge in [0.15, 0.2) is 0 Å². The molecule has 4 heteroatoms. The highest BCUT2D eigenvalue weighted by Crippen LogP contribution is 2.19. The molecule has 0 atom stereocenters. The highest BCUT2D eigenvalue weighted by atomic mass is 16.5. The minimum atomic E-state index is -0.191. The van der Waals surface area contributed by atoms with Crippen molar-refractivity contribution in [3.05, 3.63) is 58.0 Å². The SMILES string of the molecule is COc1ccccc1Cc1ccc(=O)[nH]n1. The number of para-hydroxylation sites is 1. The highest BCUT2D eigenvalue weighted by Gasteiger charge is 2.03. The van der Waals surface area contributed by atoms with Gasteiger partial charge in [-0.1, -0.05) is 18.2 Å². The van der Waals surface area contributed by atoms with E-state index in [1.54, 1.807) is 13.2 Å². The summed E-state index contributed by atoms with van der Waals surface area (Å²) in [5.41, 5.74) is 1.66. The maximum Gasteiger partial charge on any atom is 0.264 e. The van der Waals surface area contributed by atoms with Gasteiger partial charge in [0, 0.05) is 18.1 Å². The molecule has 1 aromatic carbocycles. The first-order chi connectivity index (χ1) is 7.79. The van der Waals surface area contributed by atoms with Crippen molar-refractivity contribution >= 4 is 0 Å². The van der Waals surface area contributed by atoms with Gasteiger partial charge in [0.2, 0.25) is 0 Å². The molecule has 0 aliphatic rings. The first-order valence-corrected chi connectivity index (χ1v) is 4.96. The molecule has 0 fully saturated rings. The van der Waals surface area contributed by atoms with Crippen LogP contribution in [0.3, 0.4) is 0 Å². The van der Waals surface area contributed by atoms with Crippen LogP contribution in [0.4, 0.5) is 0 Å². The van der Waals surface area contributed by atoms with Crippen molar-refractivity contribution < 1.29 is 4.74 Å². The average molecular weight is 216 g/mol. The Bertz CT molecular complexity index is 514. The lowest BCUT2D eigenvalue weighted by Crippen LogP contribution is -2.08. The van der Waals surface area contributed by atoms with Gasteiger partial charge < -0.3 is 4.74 Å². The van der Waals surface area contributed by atoms with E-state index in [1.807, 2.05) is 24.3 Å². The fourth-order valence-corrected chi connectivity index (χ4v) is 1.52. The van der Waals surface area contributed by atoms with Crippen LogP contribution in [-0.2, 0) is 6.42 Å². The molecule has 1 heterocycles. The molecule has 2 rings (SSSR count). The Balaban J connectivity index is 2.26. The first-order valence-electron chi connectivity index (χ1n) is 4.96. The van der Waals surface area contributed by atoms with E-state index < -0.39 is 0 Å². The largest absolute Gasteiger partial charge is 0.496 e. The Morgan fingerprint density at radius 3 is 2.75 bits per heavy atom. The van der Waals surface area contributed by atoms with Crippen molar-refractivity contribution in [3.8, 4) is 5.75 Å². The number of nitrogens with zero attached hydrogens (tertiary/aromatic N) is 1. The van der Waals surface area contributed by atoms with Crippen LogP contribution < -0.4 is 10.3 Å². The monoisotopic (exact) mass is 216 g/mol. The van der Waals surface area contributed by atoms with Gasteiger partial charge in [0.1, 0.15) is 5.75 Å². The number of hydrogen-bond acceptors (Lipinski definition) is 3. The Morgan fingerprint density at radius 2 is 2.06 bits per heavy atom. The topological polar surface area (TPSA) is 55.0 Å². The number of aromatic nitrogens is 2. The normalized spacial score (nSPS) is 10.1. The van der Waals surface area contributed by atoms with E-state index in [1.165, 1.54) is 6.07 Å². The van der Waals surface area contributed by atoms with Crippen molar-refractivity contribution in [2.45, 2.75) is 6.42 Å². The molecule has 4 nitrogen and oxygen atoms in total. The zero-order valence-corrected chi connectivity index (χ0v) is 8.93. The molecule has 0 aliphatic carbocycles. The molecule has 0 saturated heterocycles. The van der Waals surface area contributed by atoms with Gasteiger partial charge in [-0.3, -0.25) is 4.79 Å². The van der Waals surface area contributed by atoms with Crippen LogP contribution in [0.2, 0.25) is 0 Å². The Kier molecular flexibility index (Phi) is 3.00. The van der Waals surface area contributed by atoms with Gasteiger partial charge in [-0.05, 0) is 12.1 Å². The Morgan fingerprint density at radius 1 is 1.25 bits per heavy atom. The third-order valence-electron chi connectivity index (χ3n) is 2.30. The summed E-state index contributed by atoms with van der Waals surface area (Å²) in [7, 11) is 1.64. The summed E-state index contributed by atoms with van der Waals surface area (Å²) in [5.74, 6) is 0.829. The number of rotatable bonds is 3. The second kappa shape index (κ2) is 4.61. The predicted molar refractivity (Wildman–Crippen MR) is 60.7 cm³/mol. The molecule has 0 amide bonds. The molecule has 1 N–H and O–H groups in total. The first kappa shape index (κ1) is 10.4. The lowest BCUT2D eigenvalue weighted by atomic mass is 10.1. The summed E-state index contributed by atoms with van der Waals surface area (Å²) in [6, 6.07) is 10.9. The molecule has 0 saturated carbocycles. The van der Waals surface area contributed by atoms with Crippen LogP contribution in [0, 0.1) is 0 Å². The van der Waals surface area contributed by atoms with Crippen molar-refractivity contribution in [2.24, 2.45) is 0 Å². The van der Waals surface area contributed by atoms with Crippen molar-refractivity contribution in [1.82, 2.24) is 10.2 Å². The highest BCUT2D eigenvalue weighted by molar-refractivity contribution is 5.35. The molecule has 0 radical (unpaired) electrons. The van der Waals surface area contributed by atoms with E-state index in [0.717, 1.165) is 17.0 Å². The van der Waals surface area contributed by atoms with Crippen LogP contribution >= 0.6 is 0 Å². The summed E-state index contributed by atoms with van der Waals surface area (Å²) >= 11 is 0. The average Bonchev–Trinajstić information content (AvgIpc) is 2.33. The number of aromatic amines is 1. The van der Waals surface area contributed by atoms with Gasteiger partial charge in [-0.2, -0.15) is 5.10 Å². The molecule has 16 heavy (non-hydrogen) atoms. The van der Waals surface area contributed by atoms with E-state index in [-0.39, 0.29) is 5.56 Å². The van der Waals surface area contributed by atoms with Gasteiger partial charge in [0.05, 0.1) is 12.8 Å². The molecular weight excluding hydrogens is 204 g/mol. The zero-order chi connectivity index (χ0) is 11.4. The van der Waals surface area contributed by atoms with E-state index in [0.29, 0.717) is 6.42 Å². The third kappa shape index (κ3) is 2.28. The minimum absolute atomic E-state index is 0.191. The fraction of sp³-hybridized carbons (Fsp3) is 0.167. The van der Waals surface area contributed by atoms with Gasteiger partial charge in [0.25, 0.3) is 5.56 Å². The number of methoxy groups -OCH3 is 1.